The number of hydrogen-bond donors (Lipinski definition) is 2. The normalized spacial score (nSPS) is 32.0. The first-order chi connectivity index (χ1) is 13.8. The first-order valence-corrected chi connectivity index (χ1v) is 8.66. The monoisotopic (exact) mass is 415 g/mol. The van der Waals surface area contributed by atoms with Crippen LogP contribution in [0.25, 0.3) is 11.3 Å². The van der Waals surface area contributed by atoms with Crippen LogP contribution >= 0.6 is 0 Å². The molecule has 12 heteroatoms. The Bertz CT molecular complexity index is 918. The summed E-state index contributed by atoms with van der Waals surface area (Å²) in [5.41, 5.74) is -0.0909. The Morgan fingerprint density at radius 3 is 2.59 bits per heavy atom. The molecule has 6 atom stereocenters. The summed E-state index contributed by atoms with van der Waals surface area (Å²) < 4.78 is 57.8. The lowest BCUT2D eigenvalue weighted by Gasteiger charge is -2.46. The van der Waals surface area contributed by atoms with Gasteiger partial charge in [-0.3, -0.25) is 0 Å². The van der Waals surface area contributed by atoms with E-state index in [0.717, 1.165) is 16.8 Å². The number of carbonyl (C=O) groups is 1. The number of aliphatic carboxylic acids is 1. The molecule has 2 N–H and O–H groups in total. The van der Waals surface area contributed by atoms with Crippen LogP contribution in [0.2, 0.25) is 0 Å². The lowest BCUT2D eigenvalue weighted by atomic mass is 9.92. The summed E-state index contributed by atoms with van der Waals surface area (Å²) in [5.74, 6) is -5.79. The zero-order valence-corrected chi connectivity index (χ0v) is 14.9. The van der Waals surface area contributed by atoms with Crippen molar-refractivity contribution in [3.05, 3.63) is 35.8 Å². The molecule has 156 valence electrons. The maximum absolute atomic E-state index is 13.5. The third-order valence-corrected chi connectivity index (χ3v) is 4.87. The molecule has 2 aliphatic rings. The van der Waals surface area contributed by atoms with Gasteiger partial charge in [-0.15, -0.1) is 5.10 Å². The van der Waals surface area contributed by atoms with Gasteiger partial charge in [-0.1, -0.05) is 5.21 Å². The predicted molar refractivity (Wildman–Crippen MR) is 87.0 cm³/mol. The van der Waals surface area contributed by atoms with Gasteiger partial charge in [0.05, 0.1) is 12.8 Å². The van der Waals surface area contributed by atoms with E-state index in [1.54, 1.807) is 6.92 Å². The molecule has 29 heavy (non-hydrogen) atoms. The zero-order valence-electron chi connectivity index (χ0n) is 14.9. The van der Waals surface area contributed by atoms with E-state index in [9.17, 15) is 28.2 Å². The van der Waals surface area contributed by atoms with Gasteiger partial charge in [-0.25, -0.2) is 22.6 Å². The van der Waals surface area contributed by atoms with E-state index in [4.69, 9.17) is 14.2 Å². The van der Waals surface area contributed by atoms with Gasteiger partial charge in [-0.05, 0) is 19.1 Å². The van der Waals surface area contributed by atoms with Gasteiger partial charge in [0.2, 0.25) is 0 Å². The smallest absolute Gasteiger partial charge is 0.335 e. The summed E-state index contributed by atoms with van der Waals surface area (Å²) in [5, 5.41) is 27.6. The minimum absolute atomic E-state index is 0.00924. The van der Waals surface area contributed by atoms with Crippen LogP contribution in [-0.4, -0.2) is 68.5 Å². The third kappa shape index (κ3) is 3.48. The van der Waals surface area contributed by atoms with Gasteiger partial charge in [0.15, 0.2) is 29.8 Å². The molecule has 2 aromatic rings. The molecular weight excluding hydrogens is 399 g/mol. The highest BCUT2D eigenvalue weighted by Crippen LogP contribution is 2.36. The van der Waals surface area contributed by atoms with Gasteiger partial charge >= 0.3 is 5.97 Å². The minimum Gasteiger partial charge on any atom is -0.479 e. The van der Waals surface area contributed by atoms with Gasteiger partial charge in [0, 0.05) is 5.56 Å². The van der Waals surface area contributed by atoms with Crippen molar-refractivity contribution in [2.75, 3.05) is 6.61 Å². The van der Waals surface area contributed by atoms with Gasteiger partial charge in [0.25, 0.3) is 0 Å². The van der Waals surface area contributed by atoms with Crippen molar-refractivity contribution < 1.29 is 42.4 Å². The molecule has 0 saturated carbocycles. The number of benzene rings is 1. The number of aromatic nitrogens is 3. The second-order valence-corrected chi connectivity index (χ2v) is 6.75. The molecular formula is C17H16F3N3O6. The predicted octanol–water partition coefficient (Wildman–Crippen LogP) is 0.878. The van der Waals surface area contributed by atoms with E-state index in [-0.39, 0.29) is 17.9 Å². The Morgan fingerprint density at radius 2 is 1.93 bits per heavy atom. The number of halogens is 3. The molecule has 0 radical (unpaired) electrons. The fourth-order valence-electron chi connectivity index (χ4n) is 3.50. The Morgan fingerprint density at radius 1 is 1.24 bits per heavy atom. The van der Waals surface area contributed by atoms with Crippen LogP contribution in [0.3, 0.4) is 0 Å². The highest BCUT2D eigenvalue weighted by Gasteiger charge is 2.52. The molecule has 2 aliphatic heterocycles. The minimum atomic E-state index is -1.61. The summed E-state index contributed by atoms with van der Waals surface area (Å²) in [6, 6.07) is 0.476. The molecule has 0 bridgehead atoms. The number of carboxylic acids is 1. The first-order valence-electron chi connectivity index (χ1n) is 8.66. The van der Waals surface area contributed by atoms with E-state index in [1.165, 1.54) is 6.20 Å². The van der Waals surface area contributed by atoms with E-state index in [2.05, 4.69) is 10.3 Å². The lowest BCUT2D eigenvalue weighted by Crippen LogP contribution is -2.61. The Labute approximate surface area is 161 Å². The number of fused-ring (bicyclic) bond motifs is 1. The van der Waals surface area contributed by atoms with Crippen LogP contribution in [-0.2, 0) is 19.0 Å². The van der Waals surface area contributed by atoms with Gasteiger partial charge < -0.3 is 24.4 Å². The molecule has 0 unspecified atom stereocenters. The van der Waals surface area contributed by atoms with Crippen molar-refractivity contribution in [3.8, 4) is 11.3 Å². The van der Waals surface area contributed by atoms with Crippen molar-refractivity contribution in [2.24, 2.45) is 0 Å². The summed E-state index contributed by atoms with van der Waals surface area (Å²) >= 11 is 0. The summed E-state index contributed by atoms with van der Waals surface area (Å²) in [6.07, 6.45) is -4.13. The molecule has 0 amide bonds. The van der Waals surface area contributed by atoms with E-state index in [0.29, 0.717) is 0 Å². The van der Waals surface area contributed by atoms with Crippen LogP contribution < -0.4 is 0 Å². The molecule has 0 spiro atoms. The number of rotatable bonds is 3. The zero-order chi connectivity index (χ0) is 20.9. The van der Waals surface area contributed by atoms with Crippen molar-refractivity contribution in [3.63, 3.8) is 0 Å². The molecule has 0 aliphatic carbocycles. The van der Waals surface area contributed by atoms with Crippen LogP contribution in [0.5, 0.6) is 0 Å². The topological polar surface area (TPSA) is 116 Å². The second-order valence-electron chi connectivity index (χ2n) is 6.75. The standard InChI is InChI=1S/C17H16F3N3O6/c1-6-27-5-11-15(28-6)13(14(24)16(29-11)17(25)26)23-4-10(21-22-23)7-2-8(18)12(20)9(19)3-7/h2-4,6,11,13-16,24H,5H2,1H3,(H,25,26)/t6-,11+,13+,14+,15-,16+/m0/s1. The van der Waals surface area contributed by atoms with Gasteiger partial charge in [-0.2, -0.15) is 0 Å². The summed E-state index contributed by atoms with van der Waals surface area (Å²) in [7, 11) is 0. The van der Waals surface area contributed by atoms with E-state index < -0.39 is 60.2 Å². The molecule has 3 heterocycles. The molecule has 2 fully saturated rings. The molecule has 1 aromatic carbocycles. The molecule has 4 rings (SSSR count). The van der Waals surface area contributed by atoms with E-state index >= 15 is 0 Å². The highest BCUT2D eigenvalue weighted by atomic mass is 19.2. The van der Waals surface area contributed by atoms with Crippen molar-refractivity contribution in [1.29, 1.82) is 0 Å². The Hall–Kier alpha value is -2.54. The maximum Gasteiger partial charge on any atom is 0.335 e. The average molecular weight is 415 g/mol. The summed E-state index contributed by atoms with van der Waals surface area (Å²) in [6.45, 7) is 1.66. The number of carboxylic acid groups (broad SMARTS) is 1. The molecule has 9 nitrogen and oxygen atoms in total. The number of aliphatic hydroxyl groups is 1. The number of nitrogens with zero attached hydrogens (tertiary/aromatic N) is 3. The average Bonchev–Trinajstić information content (AvgIpc) is 3.14. The lowest BCUT2D eigenvalue weighted by molar-refractivity contribution is -0.306. The summed E-state index contributed by atoms with van der Waals surface area (Å²) in [4.78, 5) is 11.5. The first kappa shape index (κ1) is 19.8. The largest absolute Gasteiger partial charge is 0.479 e. The SMILES string of the molecule is C[C@H]1OC[C@H]2O[C@@H](C(=O)O)[C@H](O)[C@@H](n3cc(-c4cc(F)c(F)c(F)c4)nn3)[C@H]2O1. The maximum atomic E-state index is 13.5. The Kier molecular flexibility index (Phi) is 5.02. The fourth-order valence-corrected chi connectivity index (χ4v) is 3.50. The van der Waals surface area contributed by atoms with Crippen molar-refractivity contribution in [1.82, 2.24) is 15.0 Å². The number of ether oxygens (including phenoxy) is 3. The quantitative estimate of drug-likeness (QED) is 0.710. The second kappa shape index (κ2) is 7.37. The molecule has 2 saturated heterocycles. The highest BCUT2D eigenvalue weighted by molar-refractivity contribution is 5.73. The fraction of sp³-hybridized carbons (Fsp3) is 0.471. The van der Waals surface area contributed by atoms with Crippen molar-refractivity contribution >= 4 is 5.97 Å². The Balaban J connectivity index is 1.71. The number of aliphatic hydroxyl groups excluding tert-OH is 1. The van der Waals surface area contributed by atoms with Crippen LogP contribution in [0.15, 0.2) is 18.3 Å². The van der Waals surface area contributed by atoms with Crippen molar-refractivity contribution in [2.45, 2.75) is 43.7 Å². The van der Waals surface area contributed by atoms with E-state index in [1.807, 2.05) is 0 Å². The van der Waals surface area contributed by atoms with Crippen LogP contribution in [0, 0.1) is 17.5 Å². The molecule has 1 aromatic heterocycles. The third-order valence-electron chi connectivity index (χ3n) is 4.87. The van der Waals surface area contributed by atoms with Crippen LogP contribution in [0.1, 0.15) is 13.0 Å². The number of hydrogen-bond acceptors (Lipinski definition) is 7. The van der Waals surface area contributed by atoms with Gasteiger partial charge in [0.1, 0.15) is 30.0 Å². The van der Waals surface area contributed by atoms with Crippen LogP contribution in [0.4, 0.5) is 13.2 Å².